The van der Waals surface area contributed by atoms with Crippen molar-refractivity contribution in [2.75, 3.05) is 19.7 Å². The van der Waals surface area contributed by atoms with Crippen LogP contribution in [-0.2, 0) is 4.79 Å². The Morgan fingerprint density at radius 1 is 1.67 bits per heavy atom. The number of thiophene rings is 1. The molecular formula is C11H17NO2S. The minimum Gasteiger partial charge on any atom is -0.395 e. The Balaban J connectivity index is 2.66. The summed E-state index contributed by atoms with van der Waals surface area (Å²) in [6.45, 7) is 4.92. The molecule has 1 amide bonds. The minimum atomic E-state index is -0.109. The van der Waals surface area contributed by atoms with Gasteiger partial charge in [0.15, 0.2) is 0 Å². The lowest BCUT2D eigenvalue weighted by molar-refractivity contribution is -0.132. The number of amides is 1. The van der Waals surface area contributed by atoms with Crippen LogP contribution in [0, 0.1) is 0 Å². The highest BCUT2D eigenvalue weighted by atomic mass is 32.1. The average Bonchev–Trinajstić information content (AvgIpc) is 2.77. The lowest BCUT2D eigenvalue weighted by Gasteiger charge is -2.23. The summed E-state index contributed by atoms with van der Waals surface area (Å²) in [4.78, 5) is 13.7. The van der Waals surface area contributed by atoms with Gasteiger partial charge in [0.05, 0.1) is 12.5 Å². The predicted octanol–water partition coefficient (Wildman–Crippen LogP) is 1.69. The van der Waals surface area contributed by atoms with Gasteiger partial charge in [-0.05, 0) is 36.2 Å². The Morgan fingerprint density at radius 3 is 2.87 bits per heavy atom. The van der Waals surface area contributed by atoms with Gasteiger partial charge in [-0.15, -0.1) is 0 Å². The van der Waals surface area contributed by atoms with E-state index in [1.165, 1.54) is 0 Å². The second-order valence-corrected chi connectivity index (χ2v) is 4.20. The third kappa shape index (κ3) is 3.04. The largest absolute Gasteiger partial charge is 0.395 e. The Bertz CT molecular complexity index is 298. The molecule has 0 aromatic carbocycles. The summed E-state index contributed by atoms with van der Waals surface area (Å²) in [5.41, 5.74) is 1.06. The van der Waals surface area contributed by atoms with Gasteiger partial charge in [-0.2, -0.15) is 11.3 Å². The standard InChI is InChI=1S/C11H17NO2S/c1-3-12(5-6-13)11(14)9(2)10-4-7-15-8-10/h4,7-9,13H,3,5-6H2,1-2H3. The summed E-state index contributed by atoms with van der Waals surface area (Å²) < 4.78 is 0. The van der Waals surface area contributed by atoms with Crippen LogP contribution in [0.25, 0.3) is 0 Å². The average molecular weight is 227 g/mol. The molecule has 1 rings (SSSR count). The van der Waals surface area contributed by atoms with Gasteiger partial charge in [-0.1, -0.05) is 0 Å². The van der Waals surface area contributed by atoms with E-state index in [4.69, 9.17) is 5.11 Å². The van der Waals surface area contributed by atoms with Crippen molar-refractivity contribution in [1.29, 1.82) is 0 Å². The summed E-state index contributed by atoms with van der Waals surface area (Å²) in [6.07, 6.45) is 0. The number of rotatable bonds is 5. The molecule has 1 heterocycles. The zero-order valence-electron chi connectivity index (χ0n) is 9.14. The van der Waals surface area contributed by atoms with Crippen molar-refractivity contribution in [3.05, 3.63) is 22.4 Å². The van der Waals surface area contributed by atoms with Crippen LogP contribution in [0.4, 0.5) is 0 Å². The van der Waals surface area contributed by atoms with Crippen LogP contribution in [-0.4, -0.2) is 35.6 Å². The molecule has 0 aliphatic carbocycles. The van der Waals surface area contributed by atoms with Crippen LogP contribution >= 0.6 is 11.3 Å². The molecule has 0 radical (unpaired) electrons. The zero-order chi connectivity index (χ0) is 11.3. The van der Waals surface area contributed by atoms with E-state index in [-0.39, 0.29) is 18.4 Å². The maximum atomic E-state index is 12.0. The van der Waals surface area contributed by atoms with E-state index in [0.717, 1.165) is 5.56 Å². The van der Waals surface area contributed by atoms with Crippen molar-refractivity contribution in [1.82, 2.24) is 4.90 Å². The van der Waals surface area contributed by atoms with E-state index >= 15 is 0 Å². The normalized spacial score (nSPS) is 12.5. The molecule has 4 heteroatoms. The Labute approximate surface area is 94.3 Å². The van der Waals surface area contributed by atoms with E-state index < -0.39 is 0 Å². The molecule has 0 spiro atoms. The first kappa shape index (κ1) is 12.2. The Hall–Kier alpha value is -0.870. The molecule has 1 aromatic heterocycles. The van der Waals surface area contributed by atoms with Gasteiger partial charge in [0.25, 0.3) is 0 Å². The molecule has 0 aliphatic rings. The molecule has 1 aromatic rings. The first-order valence-corrected chi connectivity index (χ1v) is 6.06. The van der Waals surface area contributed by atoms with Gasteiger partial charge in [0.2, 0.25) is 5.91 Å². The monoisotopic (exact) mass is 227 g/mol. The maximum absolute atomic E-state index is 12.0. The second kappa shape index (κ2) is 5.88. The van der Waals surface area contributed by atoms with Gasteiger partial charge in [-0.3, -0.25) is 4.79 Å². The molecule has 3 nitrogen and oxygen atoms in total. The number of hydrogen-bond acceptors (Lipinski definition) is 3. The van der Waals surface area contributed by atoms with Crippen molar-refractivity contribution < 1.29 is 9.90 Å². The highest BCUT2D eigenvalue weighted by Crippen LogP contribution is 2.20. The third-order valence-corrected chi connectivity index (χ3v) is 3.18. The fraction of sp³-hybridized carbons (Fsp3) is 0.545. The van der Waals surface area contributed by atoms with Crippen LogP contribution in [0.15, 0.2) is 16.8 Å². The van der Waals surface area contributed by atoms with Crippen LogP contribution in [0.5, 0.6) is 0 Å². The van der Waals surface area contributed by atoms with E-state index in [1.54, 1.807) is 16.2 Å². The van der Waals surface area contributed by atoms with Crippen LogP contribution < -0.4 is 0 Å². The number of likely N-dealkylation sites (N-methyl/N-ethyl adjacent to an activating group) is 1. The summed E-state index contributed by atoms with van der Waals surface area (Å²) in [5.74, 6) is -0.0206. The molecule has 1 N–H and O–H groups in total. The van der Waals surface area contributed by atoms with Crippen molar-refractivity contribution >= 4 is 17.2 Å². The van der Waals surface area contributed by atoms with Crippen LogP contribution in [0.1, 0.15) is 25.3 Å². The number of carbonyl (C=O) groups is 1. The summed E-state index contributed by atoms with van der Waals surface area (Å²) in [6, 6.07) is 1.97. The third-order valence-electron chi connectivity index (χ3n) is 2.48. The van der Waals surface area contributed by atoms with Crippen molar-refractivity contribution in [2.45, 2.75) is 19.8 Å². The molecule has 0 bridgehead atoms. The lowest BCUT2D eigenvalue weighted by atomic mass is 10.0. The summed E-state index contributed by atoms with van der Waals surface area (Å²) in [5, 5.41) is 12.8. The number of nitrogens with zero attached hydrogens (tertiary/aromatic N) is 1. The highest BCUT2D eigenvalue weighted by molar-refractivity contribution is 7.08. The molecule has 0 saturated carbocycles. The van der Waals surface area contributed by atoms with Gasteiger partial charge < -0.3 is 10.0 Å². The quantitative estimate of drug-likeness (QED) is 0.831. The van der Waals surface area contributed by atoms with E-state index in [0.29, 0.717) is 13.1 Å². The zero-order valence-corrected chi connectivity index (χ0v) is 9.96. The molecule has 1 atom stereocenters. The van der Waals surface area contributed by atoms with E-state index in [1.807, 2.05) is 30.7 Å². The molecule has 0 aliphatic heterocycles. The Morgan fingerprint density at radius 2 is 2.40 bits per heavy atom. The first-order valence-electron chi connectivity index (χ1n) is 5.12. The van der Waals surface area contributed by atoms with Crippen molar-refractivity contribution in [3.8, 4) is 0 Å². The number of hydrogen-bond donors (Lipinski definition) is 1. The molecule has 0 fully saturated rings. The molecule has 1 unspecified atom stereocenters. The SMILES string of the molecule is CCN(CCO)C(=O)C(C)c1ccsc1. The van der Waals surface area contributed by atoms with Gasteiger partial charge in [0.1, 0.15) is 0 Å². The van der Waals surface area contributed by atoms with E-state index in [2.05, 4.69) is 0 Å². The molecule has 15 heavy (non-hydrogen) atoms. The number of carbonyl (C=O) groups excluding carboxylic acids is 1. The summed E-state index contributed by atoms with van der Waals surface area (Å²) >= 11 is 1.60. The minimum absolute atomic E-state index is 0.0237. The van der Waals surface area contributed by atoms with Gasteiger partial charge in [0, 0.05) is 13.1 Å². The number of aliphatic hydroxyl groups is 1. The predicted molar refractivity (Wildman–Crippen MR) is 62.1 cm³/mol. The fourth-order valence-corrected chi connectivity index (χ4v) is 2.24. The van der Waals surface area contributed by atoms with Crippen LogP contribution in [0.2, 0.25) is 0 Å². The van der Waals surface area contributed by atoms with E-state index in [9.17, 15) is 4.79 Å². The Kier molecular flexibility index (Phi) is 4.78. The smallest absolute Gasteiger partial charge is 0.229 e. The van der Waals surface area contributed by atoms with Crippen molar-refractivity contribution in [2.24, 2.45) is 0 Å². The lowest BCUT2D eigenvalue weighted by Crippen LogP contribution is -2.36. The molecule has 0 saturated heterocycles. The summed E-state index contributed by atoms with van der Waals surface area (Å²) in [7, 11) is 0. The highest BCUT2D eigenvalue weighted by Gasteiger charge is 2.20. The fourth-order valence-electron chi connectivity index (χ4n) is 1.48. The van der Waals surface area contributed by atoms with Gasteiger partial charge in [-0.25, -0.2) is 0 Å². The first-order chi connectivity index (χ1) is 7.20. The number of aliphatic hydroxyl groups excluding tert-OH is 1. The topological polar surface area (TPSA) is 40.5 Å². The molecule has 84 valence electrons. The maximum Gasteiger partial charge on any atom is 0.229 e. The van der Waals surface area contributed by atoms with Gasteiger partial charge >= 0.3 is 0 Å². The van der Waals surface area contributed by atoms with Crippen molar-refractivity contribution in [3.63, 3.8) is 0 Å². The molecular weight excluding hydrogens is 210 g/mol. The van der Waals surface area contributed by atoms with Crippen LogP contribution in [0.3, 0.4) is 0 Å². The second-order valence-electron chi connectivity index (χ2n) is 3.42.